The van der Waals surface area contributed by atoms with Crippen LogP contribution in [0.15, 0.2) is 39.5 Å². The van der Waals surface area contributed by atoms with E-state index in [1.165, 1.54) is 6.26 Å². The minimum atomic E-state index is 0.270. The van der Waals surface area contributed by atoms with Gasteiger partial charge in [-0.25, -0.2) is 4.98 Å². The number of rotatable bonds is 4. The fraction of sp³-hybridized carbons (Fsp3) is 0.182. The van der Waals surface area contributed by atoms with Crippen LogP contribution < -0.4 is 9.47 Å². The maximum Gasteiger partial charge on any atom is 0.233 e. The molecular formula is C11H10BrNO3. The average molecular weight is 284 g/mol. The number of ether oxygens (including phenoxy) is 2. The third-order valence-corrected chi connectivity index (χ3v) is 2.31. The second-order valence-electron chi connectivity index (χ2n) is 3.00. The first-order valence-corrected chi connectivity index (χ1v) is 5.44. The second kappa shape index (κ2) is 5.03. The van der Waals surface area contributed by atoms with Gasteiger partial charge in [-0.05, 0) is 28.1 Å². The van der Waals surface area contributed by atoms with Crippen molar-refractivity contribution in [2.75, 3.05) is 7.11 Å². The van der Waals surface area contributed by atoms with Gasteiger partial charge in [0.05, 0.1) is 7.11 Å². The van der Waals surface area contributed by atoms with E-state index in [-0.39, 0.29) is 6.61 Å². The van der Waals surface area contributed by atoms with Crippen LogP contribution in [0.1, 0.15) is 5.89 Å². The van der Waals surface area contributed by atoms with Crippen LogP contribution in [0.4, 0.5) is 0 Å². The highest BCUT2D eigenvalue weighted by Crippen LogP contribution is 2.26. The van der Waals surface area contributed by atoms with Gasteiger partial charge in [0.15, 0.2) is 18.1 Å². The molecule has 0 atom stereocenters. The molecule has 2 aromatic rings. The first-order chi connectivity index (χ1) is 7.79. The number of nitrogens with zero attached hydrogens (tertiary/aromatic N) is 1. The molecule has 0 bridgehead atoms. The highest BCUT2D eigenvalue weighted by atomic mass is 79.9. The summed E-state index contributed by atoms with van der Waals surface area (Å²) in [6.07, 6.45) is 1.51. The number of oxazole rings is 1. The van der Waals surface area contributed by atoms with E-state index >= 15 is 0 Å². The van der Waals surface area contributed by atoms with Crippen LogP contribution in [-0.2, 0) is 6.61 Å². The molecule has 0 spiro atoms. The highest BCUT2D eigenvalue weighted by molar-refractivity contribution is 9.10. The molecule has 16 heavy (non-hydrogen) atoms. The highest BCUT2D eigenvalue weighted by Gasteiger charge is 2.06. The number of hydrogen-bond acceptors (Lipinski definition) is 4. The molecule has 0 aliphatic carbocycles. The molecule has 84 valence electrons. The Morgan fingerprint density at radius 2 is 2.06 bits per heavy atom. The molecule has 5 heteroatoms. The van der Waals surface area contributed by atoms with E-state index in [1.54, 1.807) is 7.11 Å². The Hall–Kier alpha value is -1.49. The number of halogens is 1. The Morgan fingerprint density at radius 3 is 2.69 bits per heavy atom. The predicted molar refractivity (Wildman–Crippen MR) is 61.5 cm³/mol. The zero-order valence-electron chi connectivity index (χ0n) is 8.64. The summed E-state index contributed by atoms with van der Waals surface area (Å²) in [5.74, 6) is 1.87. The van der Waals surface area contributed by atoms with Crippen LogP contribution in [0.5, 0.6) is 11.5 Å². The zero-order chi connectivity index (χ0) is 11.4. The van der Waals surface area contributed by atoms with E-state index in [0.717, 1.165) is 0 Å². The summed E-state index contributed by atoms with van der Waals surface area (Å²) in [5.41, 5.74) is 0. The van der Waals surface area contributed by atoms with Crippen LogP contribution in [0.2, 0.25) is 0 Å². The maximum atomic E-state index is 5.53. The van der Waals surface area contributed by atoms with Crippen LogP contribution in [0, 0.1) is 0 Å². The van der Waals surface area contributed by atoms with Gasteiger partial charge >= 0.3 is 0 Å². The predicted octanol–water partition coefficient (Wildman–Crippen LogP) is 3.02. The summed E-state index contributed by atoms with van der Waals surface area (Å²) in [6, 6.07) is 7.42. The van der Waals surface area contributed by atoms with Gasteiger partial charge in [0.1, 0.15) is 10.9 Å². The second-order valence-corrected chi connectivity index (χ2v) is 3.82. The van der Waals surface area contributed by atoms with E-state index < -0.39 is 0 Å². The molecule has 0 N–H and O–H groups in total. The van der Waals surface area contributed by atoms with Crippen molar-refractivity contribution in [1.29, 1.82) is 0 Å². The lowest BCUT2D eigenvalue weighted by atomic mass is 10.3. The monoisotopic (exact) mass is 283 g/mol. The van der Waals surface area contributed by atoms with E-state index in [9.17, 15) is 0 Å². The zero-order valence-corrected chi connectivity index (χ0v) is 10.2. The Bertz CT molecular complexity index is 470. The van der Waals surface area contributed by atoms with Crippen molar-refractivity contribution >= 4 is 15.9 Å². The Balaban J connectivity index is 2.04. The van der Waals surface area contributed by atoms with Gasteiger partial charge in [0.25, 0.3) is 0 Å². The van der Waals surface area contributed by atoms with Crippen LogP contribution in [-0.4, -0.2) is 12.1 Å². The Kier molecular flexibility index (Phi) is 3.46. The molecule has 1 aromatic heterocycles. The lowest BCUT2D eigenvalue weighted by molar-refractivity contribution is 0.250. The van der Waals surface area contributed by atoms with E-state index in [1.807, 2.05) is 24.3 Å². The molecule has 0 amide bonds. The first kappa shape index (κ1) is 11.0. The van der Waals surface area contributed by atoms with E-state index in [0.29, 0.717) is 22.0 Å². The van der Waals surface area contributed by atoms with Crippen LogP contribution in [0.25, 0.3) is 0 Å². The molecule has 2 rings (SSSR count). The summed E-state index contributed by atoms with van der Waals surface area (Å²) in [4.78, 5) is 4.07. The third-order valence-electron chi connectivity index (χ3n) is 1.94. The molecule has 4 nitrogen and oxygen atoms in total. The fourth-order valence-corrected chi connectivity index (χ4v) is 1.52. The van der Waals surface area contributed by atoms with Gasteiger partial charge in [-0.15, -0.1) is 0 Å². The quantitative estimate of drug-likeness (QED) is 0.865. The Labute approximate surface area is 101 Å². The minimum Gasteiger partial charge on any atom is -0.493 e. The summed E-state index contributed by atoms with van der Waals surface area (Å²) in [7, 11) is 1.60. The minimum absolute atomic E-state index is 0.270. The van der Waals surface area contributed by atoms with E-state index in [4.69, 9.17) is 13.9 Å². The van der Waals surface area contributed by atoms with Crippen molar-refractivity contribution in [3.05, 3.63) is 41.0 Å². The van der Waals surface area contributed by atoms with Gasteiger partial charge in [-0.2, -0.15) is 0 Å². The number of benzene rings is 1. The van der Waals surface area contributed by atoms with Crippen LogP contribution in [0.3, 0.4) is 0 Å². The SMILES string of the molecule is COc1ccccc1OCc1nc(Br)co1. The molecule has 1 aromatic carbocycles. The first-order valence-electron chi connectivity index (χ1n) is 4.65. The number of hydrogen-bond donors (Lipinski definition) is 0. The van der Waals surface area contributed by atoms with Gasteiger partial charge in [0, 0.05) is 0 Å². The number of para-hydroxylation sites is 2. The molecule has 1 heterocycles. The largest absolute Gasteiger partial charge is 0.493 e. The van der Waals surface area contributed by atoms with Crippen molar-refractivity contribution in [2.45, 2.75) is 6.61 Å². The molecule has 0 aliphatic heterocycles. The summed E-state index contributed by atoms with van der Waals surface area (Å²) in [5, 5.41) is 0. The van der Waals surface area contributed by atoms with Crippen LogP contribution >= 0.6 is 15.9 Å². The third kappa shape index (κ3) is 2.55. The lowest BCUT2D eigenvalue weighted by Crippen LogP contribution is -1.97. The lowest BCUT2D eigenvalue weighted by Gasteiger charge is -2.08. The number of methoxy groups -OCH3 is 1. The van der Waals surface area contributed by atoms with Gasteiger partial charge in [0.2, 0.25) is 5.89 Å². The molecule has 0 unspecified atom stereocenters. The van der Waals surface area contributed by atoms with Crippen molar-refractivity contribution in [2.24, 2.45) is 0 Å². The summed E-state index contributed by atoms with van der Waals surface area (Å²) < 4.78 is 16.5. The van der Waals surface area contributed by atoms with Gasteiger partial charge < -0.3 is 13.9 Å². The van der Waals surface area contributed by atoms with Crippen molar-refractivity contribution < 1.29 is 13.9 Å². The van der Waals surface area contributed by atoms with Crippen molar-refractivity contribution in [3.8, 4) is 11.5 Å². The molecule has 0 saturated heterocycles. The topological polar surface area (TPSA) is 44.5 Å². The number of aromatic nitrogens is 1. The average Bonchev–Trinajstić information content (AvgIpc) is 2.73. The molecule has 0 aliphatic rings. The molecular weight excluding hydrogens is 274 g/mol. The maximum absolute atomic E-state index is 5.53. The fourth-order valence-electron chi connectivity index (χ4n) is 1.23. The smallest absolute Gasteiger partial charge is 0.233 e. The summed E-state index contributed by atoms with van der Waals surface area (Å²) >= 11 is 3.20. The van der Waals surface area contributed by atoms with Crippen molar-refractivity contribution in [1.82, 2.24) is 4.98 Å². The Morgan fingerprint density at radius 1 is 1.31 bits per heavy atom. The van der Waals surface area contributed by atoms with E-state index in [2.05, 4.69) is 20.9 Å². The summed E-state index contributed by atoms with van der Waals surface area (Å²) in [6.45, 7) is 0.270. The molecule has 0 radical (unpaired) electrons. The standard InChI is InChI=1S/C11H10BrNO3/c1-14-8-4-2-3-5-9(8)15-7-11-13-10(12)6-16-11/h2-6H,7H2,1H3. The molecule has 0 fully saturated rings. The molecule has 0 saturated carbocycles. The van der Waals surface area contributed by atoms with Gasteiger partial charge in [-0.3, -0.25) is 0 Å². The van der Waals surface area contributed by atoms with Crippen molar-refractivity contribution in [3.63, 3.8) is 0 Å². The normalized spacial score (nSPS) is 10.1. The van der Waals surface area contributed by atoms with Gasteiger partial charge in [-0.1, -0.05) is 12.1 Å².